The second-order valence-electron chi connectivity index (χ2n) is 8.38. The van der Waals surface area contributed by atoms with Crippen LogP contribution in [0.1, 0.15) is 37.1 Å². The van der Waals surface area contributed by atoms with E-state index in [2.05, 4.69) is 16.5 Å². The Kier molecular flexibility index (Phi) is 5.05. The maximum Gasteiger partial charge on any atom is 0.230 e. The minimum Gasteiger partial charge on any atom is -0.339 e. The molecule has 1 fully saturated rings. The molecule has 1 unspecified atom stereocenters. The number of anilines is 1. The van der Waals surface area contributed by atoms with Gasteiger partial charge in [-0.25, -0.2) is 4.98 Å². The van der Waals surface area contributed by atoms with Crippen LogP contribution in [0.15, 0.2) is 30.3 Å². The Morgan fingerprint density at radius 3 is 2.63 bits per heavy atom. The number of rotatable bonds is 4. The Hall–Kier alpha value is -3.22. The molecule has 0 aliphatic carbocycles. The molecule has 1 aliphatic rings. The van der Waals surface area contributed by atoms with Crippen molar-refractivity contribution in [3.05, 3.63) is 47.2 Å². The fourth-order valence-electron chi connectivity index (χ4n) is 4.05. The van der Waals surface area contributed by atoms with Crippen molar-refractivity contribution in [1.82, 2.24) is 19.7 Å². The normalized spacial score (nSPS) is 16.7. The largest absolute Gasteiger partial charge is 0.339 e. The molecule has 2 amide bonds. The topological polar surface area (TPSA) is 80.1 Å². The fraction of sp³-hybridized carbons (Fsp3) is 0.391. The van der Waals surface area contributed by atoms with E-state index >= 15 is 0 Å². The van der Waals surface area contributed by atoms with E-state index < -0.39 is 0 Å². The van der Waals surface area contributed by atoms with E-state index in [9.17, 15) is 9.59 Å². The lowest BCUT2D eigenvalue weighted by molar-refractivity contribution is -0.129. The number of hydrogen-bond acceptors (Lipinski definition) is 4. The summed E-state index contributed by atoms with van der Waals surface area (Å²) in [6.07, 6.45) is 0.240. The molecule has 7 nitrogen and oxygen atoms in total. The Balaban J connectivity index is 1.66. The van der Waals surface area contributed by atoms with Crippen molar-refractivity contribution in [3.8, 4) is 5.82 Å². The number of hydrogen-bond donors (Lipinski definition) is 1. The van der Waals surface area contributed by atoms with Crippen LogP contribution >= 0.6 is 0 Å². The first-order valence-corrected chi connectivity index (χ1v) is 10.3. The van der Waals surface area contributed by atoms with Crippen LogP contribution in [-0.4, -0.2) is 44.1 Å². The first kappa shape index (κ1) is 20.1. The third kappa shape index (κ3) is 3.56. The van der Waals surface area contributed by atoms with E-state index in [1.807, 2.05) is 58.9 Å². The van der Waals surface area contributed by atoms with Gasteiger partial charge in [-0.1, -0.05) is 18.2 Å². The van der Waals surface area contributed by atoms with E-state index in [4.69, 9.17) is 4.98 Å². The van der Waals surface area contributed by atoms with Gasteiger partial charge in [0.25, 0.3) is 0 Å². The van der Waals surface area contributed by atoms with Gasteiger partial charge in [-0.3, -0.25) is 9.59 Å². The van der Waals surface area contributed by atoms with Gasteiger partial charge in [-0.05, 0) is 51.8 Å². The summed E-state index contributed by atoms with van der Waals surface area (Å²) in [5, 5.41) is 8.64. The SMILES string of the molecule is Cc1cc(NC(=O)C2CC(=O)N(C(C)C)C2)n(-c2cc(C)c3cccc(C)c3n2)n1. The maximum absolute atomic E-state index is 12.9. The van der Waals surface area contributed by atoms with Crippen LogP contribution in [0.25, 0.3) is 16.7 Å². The third-order valence-electron chi connectivity index (χ3n) is 5.69. The molecule has 0 bridgehead atoms. The number of fused-ring (bicyclic) bond motifs is 1. The molecule has 0 saturated carbocycles. The highest BCUT2D eigenvalue weighted by Crippen LogP contribution is 2.26. The van der Waals surface area contributed by atoms with E-state index in [0.717, 1.165) is 27.7 Å². The average molecular weight is 406 g/mol. The second-order valence-corrected chi connectivity index (χ2v) is 8.38. The van der Waals surface area contributed by atoms with Crippen molar-refractivity contribution < 1.29 is 9.59 Å². The summed E-state index contributed by atoms with van der Waals surface area (Å²) in [4.78, 5) is 31.7. The third-order valence-corrected chi connectivity index (χ3v) is 5.69. The average Bonchev–Trinajstić information content (AvgIpc) is 3.25. The summed E-state index contributed by atoms with van der Waals surface area (Å²) < 4.78 is 1.67. The van der Waals surface area contributed by atoms with Crippen molar-refractivity contribution in [2.24, 2.45) is 5.92 Å². The van der Waals surface area contributed by atoms with Gasteiger partial charge in [0.15, 0.2) is 5.82 Å². The van der Waals surface area contributed by atoms with Crippen molar-refractivity contribution in [3.63, 3.8) is 0 Å². The highest BCUT2D eigenvalue weighted by Gasteiger charge is 2.35. The van der Waals surface area contributed by atoms with Crippen LogP contribution in [0.5, 0.6) is 0 Å². The summed E-state index contributed by atoms with van der Waals surface area (Å²) in [7, 11) is 0. The molecule has 3 heterocycles. The van der Waals surface area contributed by atoms with Gasteiger partial charge in [-0.15, -0.1) is 0 Å². The van der Waals surface area contributed by atoms with Gasteiger partial charge in [0.05, 0.1) is 17.1 Å². The van der Waals surface area contributed by atoms with Gasteiger partial charge < -0.3 is 10.2 Å². The van der Waals surface area contributed by atoms with Gasteiger partial charge in [0.1, 0.15) is 5.82 Å². The lowest BCUT2D eigenvalue weighted by atomic mass is 10.1. The Bertz CT molecular complexity index is 1150. The lowest BCUT2D eigenvalue weighted by Gasteiger charge is -2.20. The first-order chi connectivity index (χ1) is 14.2. The number of nitrogens with zero attached hydrogens (tertiary/aromatic N) is 4. The molecule has 1 aliphatic heterocycles. The monoisotopic (exact) mass is 405 g/mol. The predicted molar refractivity (Wildman–Crippen MR) is 117 cm³/mol. The zero-order chi connectivity index (χ0) is 21.6. The van der Waals surface area contributed by atoms with Crippen LogP contribution < -0.4 is 5.32 Å². The molecule has 0 spiro atoms. The number of carbonyl (C=O) groups excluding carboxylic acids is 2. The molecule has 7 heteroatoms. The van der Waals surface area contributed by atoms with Gasteiger partial charge in [-0.2, -0.15) is 9.78 Å². The van der Waals surface area contributed by atoms with E-state index in [-0.39, 0.29) is 30.2 Å². The smallest absolute Gasteiger partial charge is 0.230 e. The molecule has 156 valence electrons. The number of aromatic nitrogens is 3. The van der Waals surface area contributed by atoms with Crippen molar-refractivity contribution in [2.45, 2.75) is 47.1 Å². The molecule has 1 atom stereocenters. The van der Waals surface area contributed by atoms with Gasteiger partial charge >= 0.3 is 0 Å². The molecule has 1 N–H and O–H groups in total. The van der Waals surface area contributed by atoms with Gasteiger partial charge in [0.2, 0.25) is 11.8 Å². The number of benzene rings is 1. The summed E-state index contributed by atoms with van der Waals surface area (Å²) in [5.74, 6) is 0.715. The van der Waals surface area contributed by atoms with E-state index in [1.54, 1.807) is 9.58 Å². The zero-order valence-electron chi connectivity index (χ0n) is 18.1. The minimum atomic E-state index is -0.364. The summed E-state index contributed by atoms with van der Waals surface area (Å²) in [6.45, 7) is 10.3. The quantitative estimate of drug-likeness (QED) is 0.720. The van der Waals surface area contributed by atoms with Crippen LogP contribution in [0, 0.1) is 26.7 Å². The molecule has 4 rings (SSSR count). The fourth-order valence-corrected chi connectivity index (χ4v) is 4.05. The number of pyridine rings is 1. The predicted octanol–water partition coefficient (Wildman–Crippen LogP) is 3.54. The Morgan fingerprint density at radius 2 is 1.93 bits per heavy atom. The lowest BCUT2D eigenvalue weighted by Crippen LogP contribution is -2.33. The Morgan fingerprint density at radius 1 is 1.17 bits per heavy atom. The van der Waals surface area contributed by atoms with E-state index in [1.165, 1.54) is 0 Å². The van der Waals surface area contributed by atoms with Crippen molar-refractivity contribution >= 4 is 28.5 Å². The van der Waals surface area contributed by atoms with Crippen LogP contribution in [0.4, 0.5) is 5.82 Å². The molecule has 0 radical (unpaired) electrons. The molecular formula is C23H27N5O2. The van der Waals surface area contributed by atoms with Crippen LogP contribution in [0.3, 0.4) is 0 Å². The standard InChI is InChI=1S/C23H27N5O2/c1-13(2)27-12-17(11-21(27)29)23(30)25-20-10-16(5)26-28(20)19-9-15(4)18-8-6-7-14(3)22(18)24-19/h6-10,13,17H,11-12H2,1-5H3,(H,25,30). The summed E-state index contributed by atoms with van der Waals surface area (Å²) in [6, 6.07) is 10.0. The first-order valence-electron chi connectivity index (χ1n) is 10.3. The summed E-state index contributed by atoms with van der Waals surface area (Å²) in [5.41, 5.74) is 3.89. The maximum atomic E-state index is 12.9. The highest BCUT2D eigenvalue weighted by atomic mass is 16.2. The minimum absolute atomic E-state index is 0.0251. The zero-order valence-corrected chi connectivity index (χ0v) is 18.1. The van der Waals surface area contributed by atoms with Crippen molar-refractivity contribution in [2.75, 3.05) is 11.9 Å². The second kappa shape index (κ2) is 7.55. The molecule has 30 heavy (non-hydrogen) atoms. The number of amides is 2. The molecule has 1 saturated heterocycles. The molecule has 2 aromatic heterocycles. The van der Waals surface area contributed by atoms with Crippen molar-refractivity contribution in [1.29, 1.82) is 0 Å². The number of para-hydroxylation sites is 1. The van der Waals surface area contributed by atoms with E-state index in [0.29, 0.717) is 18.2 Å². The van der Waals surface area contributed by atoms with Crippen LogP contribution in [0.2, 0.25) is 0 Å². The number of aryl methyl sites for hydroxylation is 3. The number of nitrogens with one attached hydrogen (secondary N) is 1. The van der Waals surface area contributed by atoms with Gasteiger partial charge in [0, 0.05) is 30.5 Å². The number of likely N-dealkylation sites (tertiary alicyclic amines) is 1. The van der Waals surface area contributed by atoms with Crippen LogP contribution in [-0.2, 0) is 9.59 Å². The molecular weight excluding hydrogens is 378 g/mol. The number of carbonyl (C=O) groups is 2. The molecule has 1 aromatic carbocycles. The molecule has 3 aromatic rings. The highest BCUT2D eigenvalue weighted by molar-refractivity contribution is 5.97. The summed E-state index contributed by atoms with van der Waals surface area (Å²) >= 11 is 0. The Labute approximate surface area is 176 Å².